The molecule has 1 heterocycles. The summed E-state index contributed by atoms with van der Waals surface area (Å²) in [5, 5.41) is 2.87. The summed E-state index contributed by atoms with van der Waals surface area (Å²) < 4.78 is 33.5. The highest BCUT2D eigenvalue weighted by Crippen LogP contribution is 2.28. The van der Waals surface area contributed by atoms with E-state index in [-0.39, 0.29) is 29.0 Å². The Balaban J connectivity index is 1.68. The summed E-state index contributed by atoms with van der Waals surface area (Å²) in [6.45, 7) is 3.52. The Kier molecular flexibility index (Phi) is 8.27. The van der Waals surface area contributed by atoms with E-state index in [2.05, 4.69) is 5.32 Å². The van der Waals surface area contributed by atoms with Crippen LogP contribution in [0, 0.1) is 11.6 Å². The Morgan fingerprint density at radius 2 is 1.56 bits per heavy atom. The normalized spacial score (nSPS) is 11.0. The van der Waals surface area contributed by atoms with Crippen LogP contribution in [0.25, 0.3) is 0 Å². The number of hydrogen-bond donors (Lipinski definition) is 1. The number of nitrogens with one attached hydrogen (secondary N) is 1. The minimum absolute atomic E-state index is 0.142. The summed E-state index contributed by atoms with van der Waals surface area (Å²) in [7, 11) is 0. The van der Waals surface area contributed by atoms with Gasteiger partial charge in [-0.2, -0.15) is 0 Å². The Labute approximate surface area is 185 Å². The largest absolute Gasteiger partial charge is 0.380 e. The molecule has 168 valence electrons. The lowest BCUT2D eigenvalue weighted by Crippen LogP contribution is -2.28. The van der Waals surface area contributed by atoms with Gasteiger partial charge in [-0.1, -0.05) is 24.3 Å². The van der Waals surface area contributed by atoms with Crippen LogP contribution in [0.1, 0.15) is 40.7 Å². The molecule has 0 fully saturated rings. The number of benzene rings is 2. The van der Waals surface area contributed by atoms with Crippen molar-refractivity contribution in [3.8, 4) is 0 Å². The second-order valence-corrected chi connectivity index (χ2v) is 7.35. The Bertz CT molecular complexity index is 1030. The number of carbonyl (C=O) groups is 1. The molecular weight excluding hydrogens is 414 g/mol. The summed E-state index contributed by atoms with van der Waals surface area (Å²) in [5.74, 6) is -1.11. The quantitative estimate of drug-likeness (QED) is 0.483. The average Bonchev–Trinajstić information content (AvgIpc) is 2.79. The van der Waals surface area contributed by atoms with Gasteiger partial charge in [-0.25, -0.2) is 8.78 Å². The van der Waals surface area contributed by atoms with Crippen LogP contribution in [-0.4, -0.2) is 30.2 Å². The predicted octanol–water partition coefficient (Wildman–Crippen LogP) is 4.12. The molecule has 7 heteroatoms. The number of carbonyl (C=O) groups excluding carboxylic acids is 1. The van der Waals surface area contributed by atoms with Crippen molar-refractivity contribution < 1.29 is 18.3 Å². The number of pyridine rings is 1. The van der Waals surface area contributed by atoms with Gasteiger partial charge in [-0.15, -0.1) is 0 Å². The lowest BCUT2D eigenvalue weighted by Gasteiger charge is -2.19. The van der Waals surface area contributed by atoms with Gasteiger partial charge < -0.3 is 14.6 Å². The summed E-state index contributed by atoms with van der Waals surface area (Å²) in [4.78, 5) is 24.6. The van der Waals surface area contributed by atoms with Crippen LogP contribution < -0.4 is 10.9 Å². The molecule has 1 amide bonds. The molecule has 0 aliphatic carbocycles. The maximum Gasteiger partial charge on any atom is 0.252 e. The highest BCUT2D eigenvalue weighted by Gasteiger charge is 2.16. The molecule has 0 atom stereocenters. The van der Waals surface area contributed by atoms with E-state index in [9.17, 15) is 18.4 Å². The average molecular weight is 440 g/mol. The Hall–Kier alpha value is -3.32. The van der Waals surface area contributed by atoms with Crippen molar-refractivity contribution in [3.63, 3.8) is 0 Å². The summed E-state index contributed by atoms with van der Waals surface area (Å²) >= 11 is 0. The van der Waals surface area contributed by atoms with E-state index in [1.807, 2.05) is 6.92 Å². The van der Waals surface area contributed by atoms with Gasteiger partial charge >= 0.3 is 0 Å². The molecule has 0 spiro atoms. The minimum Gasteiger partial charge on any atom is -0.380 e. The molecule has 3 rings (SSSR count). The molecule has 0 unspecified atom stereocenters. The van der Waals surface area contributed by atoms with Crippen LogP contribution in [0.5, 0.6) is 0 Å². The molecule has 0 bridgehead atoms. The van der Waals surface area contributed by atoms with E-state index in [4.69, 9.17) is 4.74 Å². The smallest absolute Gasteiger partial charge is 0.252 e. The fraction of sp³-hybridized carbons (Fsp3) is 0.280. The van der Waals surface area contributed by atoms with Crippen LogP contribution in [0.15, 0.2) is 71.7 Å². The molecule has 3 aromatic rings. The van der Waals surface area contributed by atoms with Gasteiger partial charge in [0.25, 0.3) is 11.5 Å². The minimum atomic E-state index is -0.334. The van der Waals surface area contributed by atoms with Gasteiger partial charge in [0.1, 0.15) is 11.6 Å². The van der Waals surface area contributed by atoms with Crippen LogP contribution in [0.3, 0.4) is 0 Å². The lowest BCUT2D eigenvalue weighted by molar-refractivity contribution is 0.0951. The molecule has 0 saturated heterocycles. The molecule has 2 aromatic carbocycles. The number of hydrogen-bond acceptors (Lipinski definition) is 3. The molecule has 0 saturated carbocycles. The fourth-order valence-electron chi connectivity index (χ4n) is 3.50. The van der Waals surface area contributed by atoms with Gasteiger partial charge in [0.15, 0.2) is 0 Å². The first-order chi connectivity index (χ1) is 15.5. The zero-order chi connectivity index (χ0) is 22.9. The molecule has 0 radical (unpaired) electrons. The van der Waals surface area contributed by atoms with Gasteiger partial charge in [0.2, 0.25) is 0 Å². The highest BCUT2D eigenvalue weighted by molar-refractivity contribution is 5.93. The molecule has 5 nitrogen and oxygen atoms in total. The molecule has 1 N–H and O–H groups in total. The van der Waals surface area contributed by atoms with Crippen molar-refractivity contribution in [3.05, 3.63) is 106 Å². The molecule has 32 heavy (non-hydrogen) atoms. The predicted molar refractivity (Wildman–Crippen MR) is 119 cm³/mol. The van der Waals surface area contributed by atoms with Crippen LogP contribution in [0.4, 0.5) is 8.78 Å². The molecule has 1 aromatic heterocycles. The Morgan fingerprint density at radius 3 is 2.12 bits per heavy atom. The number of halogens is 2. The third-order valence-electron chi connectivity index (χ3n) is 5.19. The third kappa shape index (κ3) is 6.34. The zero-order valence-electron chi connectivity index (χ0n) is 17.9. The van der Waals surface area contributed by atoms with Crippen LogP contribution >= 0.6 is 0 Å². The number of nitrogens with zero attached hydrogens (tertiary/aromatic N) is 1. The summed E-state index contributed by atoms with van der Waals surface area (Å²) in [6.07, 6.45) is 2.06. The van der Waals surface area contributed by atoms with E-state index in [1.165, 1.54) is 47.2 Å². The van der Waals surface area contributed by atoms with Crippen molar-refractivity contribution >= 4 is 5.91 Å². The van der Waals surface area contributed by atoms with Crippen LogP contribution in [0.2, 0.25) is 0 Å². The van der Waals surface area contributed by atoms with Gasteiger partial charge in [0, 0.05) is 37.9 Å². The maximum absolute atomic E-state index is 13.4. The van der Waals surface area contributed by atoms with E-state index in [1.54, 1.807) is 24.3 Å². The monoisotopic (exact) mass is 440 g/mol. The van der Waals surface area contributed by atoms with Crippen molar-refractivity contribution in [1.82, 2.24) is 9.88 Å². The second kappa shape index (κ2) is 11.3. The van der Waals surface area contributed by atoms with Crippen LogP contribution in [-0.2, 0) is 11.3 Å². The highest BCUT2D eigenvalue weighted by atomic mass is 19.1. The van der Waals surface area contributed by atoms with Gasteiger partial charge in [-0.3, -0.25) is 9.59 Å². The van der Waals surface area contributed by atoms with E-state index in [0.717, 1.165) is 11.1 Å². The number of rotatable bonds is 10. The SMILES string of the molecule is CCOCCn1cc(C(=O)NCCC(c2ccc(F)cc2)c2ccc(F)cc2)ccc1=O. The maximum atomic E-state index is 13.4. The number of ether oxygens (including phenoxy) is 1. The van der Waals surface area contributed by atoms with Crippen molar-refractivity contribution in [2.45, 2.75) is 25.8 Å². The summed E-state index contributed by atoms with van der Waals surface area (Å²) in [6, 6.07) is 15.2. The third-order valence-corrected chi connectivity index (χ3v) is 5.19. The first-order valence-corrected chi connectivity index (χ1v) is 10.5. The topological polar surface area (TPSA) is 60.3 Å². The number of amides is 1. The first kappa shape index (κ1) is 23.3. The number of aromatic nitrogens is 1. The van der Waals surface area contributed by atoms with Gasteiger partial charge in [-0.05, 0) is 54.8 Å². The van der Waals surface area contributed by atoms with E-state index >= 15 is 0 Å². The first-order valence-electron chi connectivity index (χ1n) is 10.5. The summed E-state index contributed by atoms with van der Waals surface area (Å²) in [5.41, 5.74) is 1.92. The molecule has 0 aliphatic rings. The Morgan fingerprint density at radius 1 is 0.969 bits per heavy atom. The molecular formula is C25H26F2N2O3. The van der Waals surface area contributed by atoms with Gasteiger partial charge in [0.05, 0.1) is 12.2 Å². The van der Waals surface area contributed by atoms with Crippen molar-refractivity contribution in [2.24, 2.45) is 0 Å². The van der Waals surface area contributed by atoms with E-state index in [0.29, 0.717) is 38.3 Å². The fourth-order valence-corrected chi connectivity index (χ4v) is 3.50. The zero-order valence-corrected chi connectivity index (χ0v) is 17.9. The lowest BCUT2D eigenvalue weighted by atomic mass is 9.88. The standard InChI is InChI=1S/C25H26F2N2O3/c1-2-32-16-15-29-17-20(7-12-24(29)30)25(31)28-14-13-23(18-3-8-21(26)9-4-18)19-5-10-22(27)11-6-19/h3-12,17,23H,2,13-16H2,1H3,(H,28,31). The van der Waals surface area contributed by atoms with E-state index < -0.39 is 0 Å². The second-order valence-electron chi connectivity index (χ2n) is 7.35. The van der Waals surface area contributed by atoms with Crippen molar-refractivity contribution in [1.29, 1.82) is 0 Å². The molecule has 0 aliphatic heterocycles. The van der Waals surface area contributed by atoms with Crippen molar-refractivity contribution in [2.75, 3.05) is 19.8 Å².